The van der Waals surface area contributed by atoms with E-state index in [0.29, 0.717) is 6.42 Å². The first kappa shape index (κ1) is 7.85. The highest BCUT2D eigenvalue weighted by molar-refractivity contribution is 4.93. The third-order valence-corrected chi connectivity index (χ3v) is 2.01. The van der Waals surface area contributed by atoms with E-state index in [-0.39, 0.29) is 11.8 Å². The molecule has 3 unspecified atom stereocenters. The summed E-state index contributed by atoms with van der Waals surface area (Å²) in [5.41, 5.74) is 4.92. The van der Waals surface area contributed by atoms with Gasteiger partial charge in [-0.1, -0.05) is 6.92 Å². The third kappa shape index (κ3) is 1.42. The van der Waals surface area contributed by atoms with Gasteiger partial charge in [-0.25, -0.2) is 0 Å². The van der Waals surface area contributed by atoms with Gasteiger partial charge < -0.3 is 5.73 Å². The van der Waals surface area contributed by atoms with Crippen LogP contribution in [0, 0.1) is 11.8 Å². The Balaban J connectivity index is 2.42. The first-order valence-corrected chi connectivity index (χ1v) is 3.25. The molecule has 2 N–H and O–H groups in total. The zero-order chi connectivity index (χ0) is 7.94. The number of hydrogen-bond acceptors (Lipinski definition) is 1. The molecule has 0 aliphatic heterocycles. The van der Waals surface area contributed by atoms with Crippen LogP contribution in [0.5, 0.6) is 0 Å². The van der Waals surface area contributed by atoms with Gasteiger partial charge in [0, 0.05) is 0 Å². The van der Waals surface area contributed by atoms with Crippen molar-refractivity contribution >= 4 is 0 Å². The zero-order valence-corrected chi connectivity index (χ0v) is 5.65. The predicted molar refractivity (Wildman–Crippen MR) is 31.3 cm³/mol. The number of nitrogens with two attached hydrogens (primary N) is 1. The van der Waals surface area contributed by atoms with Crippen molar-refractivity contribution < 1.29 is 13.2 Å². The standard InChI is InChI=1S/C6H10F3N/c1-3-2-4(3)5(10)6(7,8)9/h3-5H,2,10H2,1H3. The van der Waals surface area contributed by atoms with E-state index in [1.807, 2.05) is 0 Å². The molecule has 0 aromatic carbocycles. The Morgan fingerprint density at radius 3 is 2.00 bits per heavy atom. The van der Waals surface area contributed by atoms with Crippen LogP contribution in [0.1, 0.15) is 13.3 Å². The van der Waals surface area contributed by atoms with E-state index >= 15 is 0 Å². The Kier molecular flexibility index (Phi) is 1.66. The second kappa shape index (κ2) is 2.12. The highest BCUT2D eigenvalue weighted by Gasteiger charge is 2.50. The fourth-order valence-electron chi connectivity index (χ4n) is 1.09. The van der Waals surface area contributed by atoms with Crippen LogP contribution in [0.2, 0.25) is 0 Å². The van der Waals surface area contributed by atoms with Crippen LogP contribution in [0.25, 0.3) is 0 Å². The van der Waals surface area contributed by atoms with Gasteiger partial charge in [0.2, 0.25) is 0 Å². The third-order valence-electron chi connectivity index (χ3n) is 2.01. The molecular weight excluding hydrogens is 143 g/mol. The Bertz CT molecular complexity index is 131. The first-order chi connectivity index (χ1) is 4.43. The Morgan fingerprint density at radius 2 is 1.90 bits per heavy atom. The van der Waals surface area contributed by atoms with Crippen molar-refractivity contribution in [2.45, 2.75) is 25.6 Å². The van der Waals surface area contributed by atoms with E-state index in [1.54, 1.807) is 6.92 Å². The van der Waals surface area contributed by atoms with Crippen LogP contribution in [0.15, 0.2) is 0 Å². The predicted octanol–water partition coefficient (Wildman–Crippen LogP) is 1.53. The van der Waals surface area contributed by atoms with E-state index in [4.69, 9.17) is 5.73 Å². The molecular formula is C6H10F3N. The lowest BCUT2D eigenvalue weighted by Crippen LogP contribution is -2.39. The van der Waals surface area contributed by atoms with Crippen molar-refractivity contribution in [1.29, 1.82) is 0 Å². The average molecular weight is 153 g/mol. The molecule has 4 heteroatoms. The number of rotatable bonds is 1. The molecule has 10 heavy (non-hydrogen) atoms. The minimum atomic E-state index is -4.20. The number of hydrogen-bond donors (Lipinski definition) is 1. The second-order valence-electron chi connectivity index (χ2n) is 2.94. The van der Waals surface area contributed by atoms with Gasteiger partial charge in [-0.05, 0) is 18.3 Å². The van der Waals surface area contributed by atoms with Gasteiger partial charge in [0.1, 0.15) is 6.04 Å². The Hall–Kier alpha value is -0.250. The summed E-state index contributed by atoms with van der Waals surface area (Å²) in [4.78, 5) is 0. The molecule has 0 bridgehead atoms. The molecule has 1 saturated carbocycles. The van der Waals surface area contributed by atoms with Crippen molar-refractivity contribution in [3.63, 3.8) is 0 Å². The van der Waals surface area contributed by atoms with Crippen molar-refractivity contribution in [3.05, 3.63) is 0 Å². The van der Waals surface area contributed by atoms with Gasteiger partial charge in [0.25, 0.3) is 0 Å². The van der Waals surface area contributed by atoms with E-state index < -0.39 is 12.2 Å². The lowest BCUT2D eigenvalue weighted by Gasteiger charge is -2.14. The zero-order valence-electron chi connectivity index (χ0n) is 5.65. The lowest BCUT2D eigenvalue weighted by atomic mass is 10.1. The molecule has 0 saturated heterocycles. The van der Waals surface area contributed by atoms with Crippen LogP contribution in [-0.2, 0) is 0 Å². The van der Waals surface area contributed by atoms with Crippen LogP contribution >= 0.6 is 0 Å². The summed E-state index contributed by atoms with van der Waals surface area (Å²) in [7, 11) is 0. The van der Waals surface area contributed by atoms with E-state index in [2.05, 4.69) is 0 Å². The molecule has 0 spiro atoms. The second-order valence-corrected chi connectivity index (χ2v) is 2.94. The molecule has 1 nitrogen and oxygen atoms in total. The van der Waals surface area contributed by atoms with Crippen molar-refractivity contribution in [2.75, 3.05) is 0 Å². The Morgan fingerprint density at radius 1 is 1.50 bits per heavy atom. The molecule has 3 atom stereocenters. The minimum Gasteiger partial charge on any atom is -0.320 e. The smallest absolute Gasteiger partial charge is 0.320 e. The van der Waals surface area contributed by atoms with Gasteiger partial charge in [0.15, 0.2) is 0 Å². The highest BCUT2D eigenvalue weighted by Crippen LogP contribution is 2.44. The van der Waals surface area contributed by atoms with Gasteiger partial charge in [0.05, 0.1) is 0 Å². The largest absolute Gasteiger partial charge is 0.403 e. The van der Waals surface area contributed by atoms with E-state index in [9.17, 15) is 13.2 Å². The summed E-state index contributed by atoms with van der Waals surface area (Å²) in [6, 6.07) is -1.59. The lowest BCUT2D eigenvalue weighted by molar-refractivity contribution is -0.152. The molecule has 1 aliphatic carbocycles. The minimum absolute atomic E-state index is 0.164. The molecule has 0 radical (unpaired) electrons. The first-order valence-electron chi connectivity index (χ1n) is 3.25. The fourth-order valence-corrected chi connectivity index (χ4v) is 1.09. The topological polar surface area (TPSA) is 26.0 Å². The van der Waals surface area contributed by atoms with Crippen LogP contribution in [0.4, 0.5) is 13.2 Å². The summed E-state index contributed by atoms with van der Waals surface area (Å²) in [6.07, 6.45) is -3.57. The molecule has 1 rings (SSSR count). The summed E-state index contributed by atoms with van der Waals surface area (Å²) < 4.78 is 35.4. The van der Waals surface area contributed by atoms with Crippen LogP contribution in [-0.4, -0.2) is 12.2 Å². The molecule has 0 aromatic heterocycles. The van der Waals surface area contributed by atoms with E-state index in [1.165, 1.54) is 0 Å². The quantitative estimate of drug-likeness (QED) is 0.607. The SMILES string of the molecule is CC1CC1C(N)C(F)(F)F. The maximum atomic E-state index is 11.8. The van der Waals surface area contributed by atoms with Gasteiger partial charge in [-0.15, -0.1) is 0 Å². The van der Waals surface area contributed by atoms with Gasteiger partial charge in [-0.2, -0.15) is 13.2 Å². The summed E-state index contributed by atoms with van der Waals surface area (Å²) in [6.45, 7) is 1.79. The average Bonchev–Trinajstić information content (AvgIpc) is 2.42. The van der Waals surface area contributed by atoms with E-state index in [0.717, 1.165) is 0 Å². The Labute approximate surface area is 57.4 Å². The van der Waals surface area contributed by atoms with Crippen molar-refractivity contribution in [2.24, 2.45) is 17.6 Å². The molecule has 1 aliphatic rings. The molecule has 0 aromatic rings. The normalized spacial score (nSPS) is 35.7. The molecule has 0 amide bonds. The molecule has 60 valence electrons. The molecule has 0 heterocycles. The molecule has 1 fully saturated rings. The van der Waals surface area contributed by atoms with Crippen LogP contribution < -0.4 is 5.73 Å². The van der Waals surface area contributed by atoms with Crippen molar-refractivity contribution in [1.82, 2.24) is 0 Å². The van der Waals surface area contributed by atoms with Crippen LogP contribution in [0.3, 0.4) is 0 Å². The maximum absolute atomic E-state index is 11.8. The maximum Gasteiger partial charge on any atom is 0.403 e. The van der Waals surface area contributed by atoms with Gasteiger partial charge >= 0.3 is 6.18 Å². The number of halogens is 3. The van der Waals surface area contributed by atoms with Crippen molar-refractivity contribution in [3.8, 4) is 0 Å². The number of alkyl halides is 3. The van der Waals surface area contributed by atoms with Gasteiger partial charge in [-0.3, -0.25) is 0 Å². The highest BCUT2D eigenvalue weighted by atomic mass is 19.4. The fraction of sp³-hybridized carbons (Fsp3) is 1.00. The monoisotopic (exact) mass is 153 g/mol. The summed E-state index contributed by atoms with van der Waals surface area (Å²) >= 11 is 0. The summed E-state index contributed by atoms with van der Waals surface area (Å²) in [5, 5.41) is 0. The summed E-state index contributed by atoms with van der Waals surface area (Å²) in [5.74, 6) is -0.156.